The fraction of sp³-hybridized carbons (Fsp3) is 0.889. The summed E-state index contributed by atoms with van der Waals surface area (Å²) in [6.07, 6.45) is 6.83. The Bertz CT molecular complexity index is 1160. The Labute approximate surface area is 268 Å². The van der Waals surface area contributed by atoms with E-state index in [1.165, 1.54) is 6.92 Å². The van der Waals surface area contributed by atoms with Gasteiger partial charge in [0, 0.05) is 12.8 Å². The lowest BCUT2D eigenvalue weighted by Gasteiger charge is -2.59. The number of esters is 1. The zero-order valence-corrected chi connectivity index (χ0v) is 28.6. The van der Waals surface area contributed by atoms with E-state index in [1.807, 2.05) is 13.8 Å². The molecule has 0 bridgehead atoms. The molecule has 12 atom stereocenters. The van der Waals surface area contributed by atoms with Crippen LogP contribution in [0.2, 0.25) is 0 Å². The fourth-order valence-corrected chi connectivity index (χ4v) is 11.7. The maximum absolute atomic E-state index is 14.4. The number of Topliss-reactive ketones (excluding diaryl/α,β-unsaturated/α-hetero) is 1. The number of ether oxygens (including phenoxy) is 4. The molecule has 254 valence electrons. The van der Waals surface area contributed by atoms with Crippen LogP contribution in [-0.2, 0) is 38.1 Å². The highest BCUT2D eigenvalue weighted by molar-refractivity contribution is 5.90. The van der Waals surface area contributed by atoms with Crippen LogP contribution in [0.25, 0.3) is 0 Å². The van der Waals surface area contributed by atoms with Crippen molar-refractivity contribution in [3.05, 3.63) is 0 Å². The van der Waals surface area contributed by atoms with Crippen LogP contribution < -0.4 is 0 Å². The van der Waals surface area contributed by atoms with Crippen LogP contribution in [0.4, 0.5) is 0 Å². The molecule has 5 aliphatic carbocycles. The summed E-state index contributed by atoms with van der Waals surface area (Å²) >= 11 is 0. The predicted octanol–water partition coefficient (Wildman–Crippen LogP) is 5.23. The number of rotatable bonds is 9. The van der Waals surface area contributed by atoms with E-state index < -0.39 is 36.2 Å². The summed E-state index contributed by atoms with van der Waals surface area (Å²) in [6, 6.07) is 0. The number of hydrogen-bond acceptors (Lipinski definition) is 9. The highest BCUT2D eigenvalue weighted by Gasteiger charge is 2.82. The molecular formula is C36H56O9. The van der Waals surface area contributed by atoms with Crippen LogP contribution >= 0.6 is 0 Å². The minimum Gasteiger partial charge on any atom is -0.457 e. The molecule has 1 heterocycles. The molecule has 2 spiro atoms. The van der Waals surface area contributed by atoms with Crippen molar-refractivity contribution >= 4 is 24.3 Å². The normalized spacial score (nSPS) is 43.8. The molecule has 7 unspecified atom stereocenters. The van der Waals surface area contributed by atoms with Crippen molar-refractivity contribution in [1.82, 2.24) is 0 Å². The second-order valence-corrected chi connectivity index (χ2v) is 16.1. The summed E-state index contributed by atoms with van der Waals surface area (Å²) in [6.45, 7) is 15.3. The Morgan fingerprint density at radius 3 is 2.33 bits per heavy atom. The van der Waals surface area contributed by atoms with Crippen LogP contribution in [0, 0.1) is 45.3 Å². The maximum Gasteiger partial charge on any atom is 0.303 e. The molecule has 0 aromatic rings. The van der Waals surface area contributed by atoms with Gasteiger partial charge in [-0.1, -0.05) is 34.6 Å². The van der Waals surface area contributed by atoms with Gasteiger partial charge in [0.15, 0.2) is 18.2 Å². The Morgan fingerprint density at radius 1 is 1.02 bits per heavy atom. The lowest BCUT2D eigenvalue weighted by atomic mass is 9.46. The predicted molar refractivity (Wildman–Crippen MR) is 166 cm³/mol. The van der Waals surface area contributed by atoms with Gasteiger partial charge in [-0.05, 0) is 111 Å². The van der Waals surface area contributed by atoms with Gasteiger partial charge in [0.05, 0.1) is 17.8 Å². The van der Waals surface area contributed by atoms with E-state index in [2.05, 4.69) is 20.8 Å². The minimum atomic E-state index is -1.29. The fourth-order valence-electron chi connectivity index (χ4n) is 11.7. The first kappa shape index (κ1) is 34.6. The van der Waals surface area contributed by atoms with Gasteiger partial charge in [-0.15, -0.1) is 0 Å². The van der Waals surface area contributed by atoms with Gasteiger partial charge in [0.1, 0.15) is 19.0 Å². The van der Waals surface area contributed by atoms with Crippen LogP contribution in [0.3, 0.4) is 0 Å². The topological polar surface area (TPSA) is 125 Å². The SMILES string of the molecule is CC.CC(=O)O[C@@H](C1CCC2C(O1)C(=O)C1C3CCC4C(C)(C)[C@@H](OC(C=O)OCC=O)CC[C@@]45C[C@@]35CC[C@]21C)C(C)(C)O. The average Bonchev–Trinajstić information content (AvgIpc) is 3.60. The Morgan fingerprint density at radius 2 is 1.71 bits per heavy atom. The molecule has 0 amide bonds. The lowest BCUT2D eigenvalue weighted by Crippen LogP contribution is -2.56. The molecule has 1 saturated heterocycles. The van der Waals surface area contributed by atoms with Crippen molar-refractivity contribution < 1.29 is 43.2 Å². The monoisotopic (exact) mass is 632 g/mol. The molecule has 5 saturated carbocycles. The van der Waals surface area contributed by atoms with E-state index in [4.69, 9.17) is 18.9 Å². The third-order valence-electron chi connectivity index (χ3n) is 13.4. The number of hydrogen-bond donors (Lipinski definition) is 1. The van der Waals surface area contributed by atoms with Gasteiger partial charge in [-0.25, -0.2) is 0 Å². The number of carbonyl (C=O) groups is 4. The van der Waals surface area contributed by atoms with Crippen molar-refractivity contribution in [3.8, 4) is 0 Å². The molecule has 9 heteroatoms. The number of fused-ring (bicyclic) bond motifs is 4. The summed E-state index contributed by atoms with van der Waals surface area (Å²) in [4.78, 5) is 48.7. The van der Waals surface area contributed by atoms with Crippen molar-refractivity contribution in [2.45, 2.75) is 149 Å². The summed E-state index contributed by atoms with van der Waals surface area (Å²) in [5.74, 6) is 0.598. The standard InChI is InChI=1S/C34H50O9.C2H6/c1-19(37)41-29(31(4,5)39)22-9-7-21-28(42-22)27(38)26-20-8-10-23-30(2,3)24(43-25(17-36)40-16-15-35)11-12-34(23)18-33(20,34)14-13-32(21,26)6;1-2/h15,17,20-26,28-29,39H,7-14,16,18H2,1-6H3;1-2H3/t20?,21?,22?,23?,24-,25?,26?,28?,29-,32+,33-,34+;/m0./s1. The first-order valence-electron chi connectivity index (χ1n) is 17.4. The number of ketones is 1. The molecule has 9 nitrogen and oxygen atoms in total. The summed E-state index contributed by atoms with van der Waals surface area (Å²) in [5, 5.41) is 10.8. The highest BCUT2D eigenvalue weighted by Crippen LogP contribution is 2.87. The van der Waals surface area contributed by atoms with E-state index in [9.17, 15) is 24.3 Å². The van der Waals surface area contributed by atoms with Gasteiger partial charge in [0.2, 0.25) is 6.29 Å². The maximum atomic E-state index is 14.4. The van der Waals surface area contributed by atoms with E-state index in [0.29, 0.717) is 30.8 Å². The van der Waals surface area contributed by atoms with Crippen molar-refractivity contribution in [2.24, 2.45) is 45.3 Å². The molecule has 45 heavy (non-hydrogen) atoms. The van der Waals surface area contributed by atoms with Crippen LogP contribution in [0.1, 0.15) is 113 Å². The first-order chi connectivity index (χ1) is 21.2. The smallest absolute Gasteiger partial charge is 0.303 e. The van der Waals surface area contributed by atoms with Crippen LogP contribution in [-0.4, -0.2) is 72.3 Å². The number of carbonyl (C=O) groups excluding carboxylic acids is 4. The van der Waals surface area contributed by atoms with E-state index >= 15 is 0 Å². The van der Waals surface area contributed by atoms with Gasteiger partial charge in [-0.3, -0.25) is 14.4 Å². The van der Waals surface area contributed by atoms with E-state index in [-0.39, 0.29) is 52.0 Å². The Hall–Kier alpha value is -1.68. The summed E-state index contributed by atoms with van der Waals surface area (Å²) in [7, 11) is 0. The summed E-state index contributed by atoms with van der Waals surface area (Å²) < 4.78 is 23.6. The van der Waals surface area contributed by atoms with Crippen LogP contribution in [0.5, 0.6) is 0 Å². The molecule has 0 aromatic carbocycles. The molecule has 1 aliphatic heterocycles. The zero-order chi connectivity index (χ0) is 33.2. The van der Waals surface area contributed by atoms with Gasteiger partial charge < -0.3 is 28.8 Å². The van der Waals surface area contributed by atoms with Crippen molar-refractivity contribution in [2.75, 3.05) is 6.61 Å². The molecule has 0 radical (unpaired) electrons. The molecule has 6 fully saturated rings. The molecule has 6 rings (SSSR count). The van der Waals surface area contributed by atoms with Crippen molar-refractivity contribution in [3.63, 3.8) is 0 Å². The largest absolute Gasteiger partial charge is 0.457 e. The zero-order valence-electron chi connectivity index (χ0n) is 28.6. The van der Waals surface area contributed by atoms with Gasteiger partial charge in [-0.2, -0.15) is 0 Å². The Balaban J connectivity index is 0.00000196. The number of aliphatic hydroxyl groups is 1. The molecule has 0 aromatic heterocycles. The Kier molecular flexibility index (Phi) is 9.31. The molecular weight excluding hydrogens is 576 g/mol. The second-order valence-electron chi connectivity index (χ2n) is 16.1. The number of aldehydes is 2. The van der Waals surface area contributed by atoms with Gasteiger partial charge in [0.25, 0.3) is 0 Å². The molecule has 1 N–H and O–H groups in total. The quantitative estimate of drug-likeness (QED) is 0.207. The lowest BCUT2D eigenvalue weighted by molar-refractivity contribution is -0.216. The minimum absolute atomic E-state index is 0.0436. The molecule has 6 aliphatic rings. The third kappa shape index (κ3) is 5.26. The summed E-state index contributed by atoms with van der Waals surface area (Å²) in [5.41, 5.74) is -1.25. The van der Waals surface area contributed by atoms with Crippen molar-refractivity contribution in [1.29, 1.82) is 0 Å². The average molecular weight is 633 g/mol. The van der Waals surface area contributed by atoms with E-state index in [0.717, 1.165) is 51.4 Å². The third-order valence-corrected chi connectivity index (χ3v) is 13.4. The second kappa shape index (κ2) is 12.1. The van der Waals surface area contributed by atoms with E-state index in [1.54, 1.807) is 13.8 Å². The van der Waals surface area contributed by atoms with Gasteiger partial charge >= 0.3 is 5.97 Å². The van der Waals surface area contributed by atoms with Crippen LogP contribution in [0.15, 0.2) is 0 Å². The highest BCUT2D eigenvalue weighted by atomic mass is 16.7. The first-order valence-corrected chi connectivity index (χ1v) is 17.4.